The average Bonchev–Trinajstić information content (AvgIpc) is 2.42. The Labute approximate surface area is 138 Å². The van der Waals surface area contributed by atoms with Crippen LogP contribution in [0.2, 0.25) is 0 Å². The van der Waals surface area contributed by atoms with Gasteiger partial charge in [0.15, 0.2) is 0 Å². The third-order valence-electron chi connectivity index (χ3n) is 5.27. The van der Waals surface area contributed by atoms with Crippen LogP contribution in [0.3, 0.4) is 0 Å². The number of hydrogen-bond acceptors (Lipinski definition) is 4. The van der Waals surface area contributed by atoms with Crippen molar-refractivity contribution in [3.63, 3.8) is 0 Å². The Morgan fingerprint density at radius 3 is 2.48 bits per heavy atom. The van der Waals surface area contributed by atoms with Crippen LogP contribution in [-0.2, 0) is 21.3 Å². The summed E-state index contributed by atoms with van der Waals surface area (Å²) in [6, 6.07) is 8.48. The molecule has 0 unspecified atom stereocenters. The molecule has 0 aliphatic heterocycles. The summed E-state index contributed by atoms with van der Waals surface area (Å²) in [5.41, 5.74) is 2.39. The van der Waals surface area contributed by atoms with Crippen molar-refractivity contribution < 1.29 is 13.2 Å². The molecule has 128 valence electrons. The summed E-state index contributed by atoms with van der Waals surface area (Å²) in [4.78, 5) is 0. The van der Waals surface area contributed by atoms with Crippen LogP contribution in [0.4, 0.5) is 5.69 Å². The van der Waals surface area contributed by atoms with E-state index in [4.69, 9.17) is 4.74 Å². The lowest BCUT2D eigenvalue weighted by atomic mass is 9.51. The molecule has 2 aliphatic rings. The fourth-order valence-corrected chi connectivity index (χ4v) is 4.20. The Morgan fingerprint density at radius 1 is 1.26 bits per heavy atom. The molecule has 1 spiro atoms. The fraction of sp³-hybridized carbons (Fsp3) is 0.647. The summed E-state index contributed by atoms with van der Waals surface area (Å²) < 4.78 is 30.6. The van der Waals surface area contributed by atoms with Crippen molar-refractivity contribution >= 4 is 15.7 Å². The molecule has 2 fully saturated rings. The number of nitrogens with one attached hydrogen (secondary N) is 2. The van der Waals surface area contributed by atoms with Crippen molar-refractivity contribution in [2.24, 2.45) is 5.41 Å². The zero-order valence-electron chi connectivity index (χ0n) is 13.8. The van der Waals surface area contributed by atoms with Crippen LogP contribution < -0.4 is 10.0 Å². The molecule has 1 aromatic rings. The van der Waals surface area contributed by atoms with Gasteiger partial charge in [0, 0.05) is 30.3 Å². The Hall–Kier alpha value is -1.11. The molecular weight excluding hydrogens is 312 g/mol. The standard InChI is InChI=1S/C17H26N2O3S/c1-3-22-16-11-15(17(16)9-4-10-17)19-14-7-5-13(6-8-14)12-18-23(2,20)21/h5-8,15-16,18-19H,3-4,9-12H2,1-2H3/t15-,16-/m1/s1. The third kappa shape index (κ3) is 3.54. The highest BCUT2D eigenvalue weighted by Gasteiger charge is 2.58. The van der Waals surface area contributed by atoms with E-state index in [0.717, 1.165) is 24.3 Å². The lowest BCUT2D eigenvalue weighted by Crippen LogP contribution is -2.64. The Morgan fingerprint density at radius 2 is 1.96 bits per heavy atom. The first kappa shape index (κ1) is 16.7. The number of anilines is 1. The maximum absolute atomic E-state index is 11.1. The topological polar surface area (TPSA) is 67.4 Å². The summed E-state index contributed by atoms with van der Waals surface area (Å²) in [6.07, 6.45) is 6.48. The van der Waals surface area contributed by atoms with Gasteiger partial charge in [0.1, 0.15) is 0 Å². The second-order valence-corrected chi connectivity index (χ2v) is 8.59. The molecule has 0 saturated heterocycles. The second kappa shape index (κ2) is 6.42. The van der Waals surface area contributed by atoms with Gasteiger partial charge in [-0.05, 0) is 43.9 Å². The highest BCUT2D eigenvalue weighted by atomic mass is 32.2. The molecule has 0 bridgehead atoms. The Balaban J connectivity index is 1.57. The summed E-state index contributed by atoms with van der Waals surface area (Å²) in [6.45, 7) is 3.19. The molecule has 6 heteroatoms. The van der Waals surface area contributed by atoms with Gasteiger partial charge in [-0.15, -0.1) is 0 Å². The molecule has 0 heterocycles. The predicted molar refractivity (Wildman–Crippen MR) is 91.9 cm³/mol. The lowest BCUT2D eigenvalue weighted by Gasteiger charge is -2.61. The van der Waals surface area contributed by atoms with Crippen LogP contribution in [-0.4, -0.2) is 33.4 Å². The van der Waals surface area contributed by atoms with Crippen LogP contribution >= 0.6 is 0 Å². The molecule has 2 aliphatic carbocycles. The van der Waals surface area contributed by atoms with Gasteiger partial charge >= 0.3 is 0 Å². The quantitative estimate of drug-likeness (QED) is 0.801. The van der Waals surface area contributed by atoms with E-state index in [0.29, 0.717) is 24.1 Å². The molecule has 23 heavy (non-hydrogen) atoms. The average molecular weight is 338 g/mol. The van der Waals surface area contributed by atoms with Crippen molar-refractivity contribution in [2.75, 3.05) is 18.2 Å². The van der Waals surface area contributed by atoms with Gasteiger partial charge in [0.25, 0.3) is 0 Å². The summed E-state index contributed by atoms with van der Waals surface area (Å²) in [5.74, 6) is 0. The second-order valence-electron chi connectivity index (χ2n) is 6.75. The summed E-state index contributed by atoms with van der Waals surface area (Å²) in [7, 11) is -3.15. The molecule has 2 atom stereocenters. The molecule has 1 aromatic carbocycles. The Bertz CT molecular complexity index is 638. The van der Waals surface area contributed by atoms with Gasteiger partial charge in [-0.3, -0.25) is 0 Å². The minimum absolute atomic E-state index is 0.332. The van der Waals surface area contributed by atoms with Crippen molar-refractivity contribution in [1.29, 1.82) is 0 Å². The zero-order chi connectivity index (χ0) is 16.5. The van der Waals surface area contributed by atoms with Crippen molar-refractivity contribution in [2.45, 2.75) is 51.3 Å². The van der Waals surface area contributed by atoms with E-state index in [1.54, 1.807) is 0 Å². The molecule has 2 saturated carbocycles. The summed E-state index contributed by atoms with van der Waals surface area (Å²) in [5, 5.41) is 3.64. The highest BCUT2D eigenvalue weighted by molar-refractivity contribution is 7.88. The van der Waals surface area contributed by atoms with E-state index in [9.17, 15) is 8.42 Å². The number of sulfonamides is 1. The maximum Gasteiger partial charge on any atom is 0.209 e. The van der Waals surface area contributed by atoms with Crippen LogP contribution in [0.1, 0.15) is 38.2 Å². The molecule has 2 N–H and O–H groups in total. The first-order chi connectivity index (χ1) is 10.9. The van der Waals surface area contributed by atoms with E-state index >= 15 is 0 Å². The minimum Gasteiger partial charge on any atom is -0.382 e. The number of rotatable bonds is 7. The number of hydrogen-bond donors (Lipinski definition) is 2. The fourth-order valence-electron chi connectivity index (χ4n) is 3.78. The van der Waals surface area contributed by atoms with Crippen molar-refractivity contribution in [3.8, 4) is 0 Å². The highest BCUT2D eigenvalue weighted by Crippen LogP contribution is 2.58. The molecule has 0 amide bonds. The molecule has 0 aromatic heterocycles. The van der Waals surface area contributed by atoms with E-state index in [1.165, 1.54) is 25.5 Å². The van der Waals surface area contributed by atoms with Gasteiger partial charge in [-0.2, -0.15) is 0 Å². The SMILES string of the molecule is CCO[C@@H]1C[C@@H](Nc2ccc(CNS(C)(=O)=O)cc2)C12CCC2. The first-order valence-corrected chi connectivity index (χ1v) is 10.2. The van der Waals surface area contributed by atoms with Gasteiger partial charge in [-0.1, -0.05) is 18.6 Å². The predicted octanol–water partition coefficient (Wildman–Crippen LogP) is 2.50. The smallest absolute Gasteiger partial charge is 0.209 e. The zero-order valence-corrected chi connectivity index (χ0v) is 14.7. The van der Waals surface area contributed by atoms with Crippen LogP contribution in [0.25, 0.3) is 0 Å². The Kier molecular flexibility index (Phi) is 4.67. The maximum atomic E-state index is 11.1. The third-order valence-corrected chi connectivity index (χ3v) is 5.94. The first-order valence-electron chi connectivity index (χ1n) is 8.35. The molecule has 3 rings (SSSR count). The largest absolute Gasteiger partial charge is 0.382 e. The lowest BCUT2D eigenvalue weighted by molar-refractivity contribution is -0.157. The van der Waals surface area contributed by atoms with Gasteiger partial charge in [0.05, 0.1) is 12.4 Å². The van der Waals surface area contributed by atoms with Crippen LogP contribution in [0.5, 0.6) is 0 Å². The summed E-state index contributed by atoms with van der Waals surface area (Å²) >= 11 is 0. The van der Waals surface area contributed by atoms with Gasteiger partial charge in [0.2, 0.25) is 10.0 Å². The van der Waals surface area contributed by atoms with E-state index in [-0.39, 0.29) is 0 Å². The molecule has 0 radical (unpaired) electrons. The van der Waals surface area contributed by atoms with Gasteiger partial charge in [-0.25, -0.2) is 13.1 Å². The van der Waals surface area contributed by atoms with E-state index in [1.807, 2.05) is 24.3 Å². The molecule has 5 nitrogen and oxygen atoms in total. The number of ether oxygens (including phenoxy) is 1. The van der Waals surface area contributed by atoms with Crippen molar-refractivity contribution in [3.05, 3.63) is 29.8 Å². The molecular formula is C17H26N2O3S. The normalized spacial score (nSPS) is 25.7. The van der Waals surface area contributed by atoms with E-state index in [2.05, 4.69) is 17.0 Å². The van der Waals surface area contributed by atoms with E-state index < -0.39 is 10.0 Å². The van der Waals surface area contributed by atoms with Crippen LogP contribution in [0.15, 0.2) is 24.3 Å². The minimum atomic E-state index is -3.15. The number of benzene rings is 1. The van der Waals surface area contributed by atoms with Crippen LogP contribution in [0, 0.1) is 5.41 Å². The van der Waals surface area contributed by atoms with Gasteiger partial charge < -0.3 is 10.1 Å². The monoisotopic (exact) mass is 338 g/mol. The van der Waals surface area contributed by atoms with Crippen molar-refractivity contribution in [1.82, 2.24) is 4.72 Å².